The van der Waals surface area contributed by atoms with E-state index in [1.165, 1.54) is 12.1 Å². The molecule has 3 nitrogen and oxygen atoms in total. The van der Waals surface area contributed by atoms with Gasteiger partial charge < -0.3 is 14.8 Å². The highest BCUT2D eigenvalue weighted by atomic mass is 19.1. The van der Waals surface area contributed by atoms with E-state index in [2.05, 4.69) is 26.1 Å². The van der Waals surface area contributed by atoms with E-state index in [0.717, 1.165) is 5.56 Å². The molecule has 0 fully saturated rings. The van der Waals surface area contributed by atoms with Crippen molar-refractivity contribution in [2.75, 3.05) is 20.8 Å². The van der Waals surface area contributed by atoms with Crippen molar-refractivity contribution in [1.29, 1.82) is 0 Å². The van der Waals surface area contributed by atoms with E-state index in [9.17, 15) is 4.39 Å². The van der Waals surface area contributed by atoms with Crippen LogP contribution >= 0.6 is 0 Å². The van der Waals surface area contributed by atoms with Crippen LogP contribution in [0.5, 0.6) is 0 Å². The van der Waals surface area contributed by atoms with Crippen LogP contribution in [0.15, 0.2) is 24.3 Å². The van der Waals surface area contributed by atoms with Crippen LogP contribution in [0.4, 0.5) is 4.39 Å². The van der Waals surface area contributed by atoms with Gasteiger partial charge in [-0.05, 0) is 23.1 Å². The van der Waals surface area contributed by atoms with Gasteiger partial charge >= 0.3 is 0 Å². The van der Waals surface area contributed by atoms with Gasteiger partial charge in [0.05, 0.1) is 0 Å². The Bertz CT molecular complexity index is 369. The second-order valence-corrected chi connectivity index (χ2v) is 5.66. The summed E-state index contributed by atoms with van der Waals surface area (Å²) in [6.07, 6.45) is -0.287. The lowest BCUT2D eigenvalue weighted by molar-refractivity contribution is -0.101. The summed E-state index contributed by atoms with van der Waals surface area (Å²) < 4.78 is 23.4. The number of ether oxygens (including phenoxy) is 2. The van der Waals surface area contributed by atoms with E-state index in [1.807, 2.05) is 12.1 Å². The van der Waals surface area contributed by atoms with Gasteiger partial charge in [-0.25, -0.2) is 4.39 Å². The zero-order valence-corrected chi connectivity index (χ0v) is 12.4. The van der Waals surface area contributed by atoms with Crippen molar-refractivity contribution < 1.29 is 13.9 Å². The van der Waals surface area contributed by atoms with Gasteiger partial charge in [-0.15, -0.1) is 0 Å². The van der Waals surface area contributed by atoms with E-state index >= 15 is 0 Å². The molecule has 0 amide bonds. The molecule has 0 heterocycles. The molecule has 4 heteroatoms. The fraction of sp³-hybridized carbons (Fsp3) is 0.600. The first-order valence-corrected chi connectivity index (χ1v) is 6.43. The first-order chi connectivity index (χ1) is 8.88. The van der Waals surface area contributed by atoms with Crippen LogP contribution in [0.1, 0.15) is 32.4 Å². The molecule has 0 radical (unpaired) electrons. The smallest absolute Gasteiger partial charge is 0.169 e. The topological polar surface area (TPSA) is 30.5 Å². The molecule has 0 aliphatic carbocycles. The van der Waals surface area contributed by atoms with Crippen molar-refractivity contribution in [2.24, 2.45) is 5.41 Å². The Morgan fingerprint density at radius 2 is 1.63 bits per heavy atom. The minimum Gasteiger partial charge on any atom is -0.355 e. The molecule has 0 saturated carbocycles. The molecular formula is C15H24FNO2. The van der Waals surface area contributed by atoms with Crippen LogP contribution in [0.2, 0.25) is 0 Å². The Morgan fingerprint density at radius 3 is 2.05 bits per heavy atom. The molecule has 1 unspecified atom stereocenters. The number of hydrogen-bond donors (Lipinski definition) is 1. The summed E-state index contributed by atoms with van der Waals surface area (Å²) in [6, 6.07) is 6.69. The lowest BCUT2D eigenvalue weighted by Crippen LogP contribution is -2.38. The zero-order valence-electron chi connectivity index (χ0n) is 12.4. The molecule has 108 valence electrons. The summed E-state index contributed by atoms with van der Waals surface area (Å²) in [5, 5.41) is 3.42. The number of rotatable bonds is 6. The van der Waals surface area contributed by atoms with Gasteiger partial charge in [0.2, 0.25) is 0 Å². The van der Waals surface area contributed by atoms with Gasteiger partial charge in [0, 0.05) is 26.8 Å². The molecule has 1 aromatic carbocycles. The monoisotopic (exact) mass is 269 g/mol. The van der Waals surface area contributed by atoms with Gasteiger partial charge in [-0.1, -0.05) is 32.9 Å². The number of hydrogen-bond acceptors (Lipinski definition) is 3. The van der Waals surface area contributed by atoms with Gasteiger partial charge in [0.25, 0.3) is 0 Å². The summed E-state index contributed by atoms with van der Waals surface area (Å²) in [4.78, 5) is 0. The third-order valence-electron chi connectivity index (χ3n) is 3.08. The normalized spacial score (nSPS) is 13.8. The molecule has 0 spiro atoms. The Kier molecular flexibility index (Phi) is 5.91. The van der Waals surface area contributed by atoms with Crippen molar-refractivity contribution in [3.8, 4) is 0 Å². The summed E-state index contributed by atoms with van der Waals surface area (Å²) in [5.41, 5.74) is 1.06. The van der Waals surface area contributed by atoms with Crippen LogP contribution in [-0.4, -0.2) is 27.1 Å². The number of halogens is 1. The van der Waals surface area contributed by atoms with Crippen LogP contribution < -0.4 is 5.32 Å². The summed E-state index contributed by atoms with van der Waals surface area (Å²) in [6.45, 7) is 7.00. The molecule has 0 aliphatic rings. The standard InChI is InChI=1S/C15H24FNO2/c1-15(2,3)14(17-10-13(18-4)19-5)11-6-8-12(16)9-7-11/h6-9,13-14,17H,10H2,1-5H3. The van der Waals surface area contributed by atoms with Crippen LogP contribution in [0, 0.1) is 11.2 Å². The molecule has 1 atom stereocenters. The highest BCUT2D eigenvalue weighted by Crippen LogP contribution is 2.32. The Balaban J connectivity index is 2.81. The van der Waals surface area contributed by atoms with Crippen molar-refractivity contribution in [3.63, 3.8) is 0 Å². The number of nitrogens with one attached hydrogen (secondary N) is 1. The predicted octanol–water partition coefficient (Wildman–Crippen LogP) is 3.12. The molecule has 0 aliphatic heterocycles. The summed E-state index contributed by atoms with van der Waals surface area (Å²) in [5.74, 6) is -0.219. The molecule has 1 rings (SSSR count). The van der Waals surface area contributed by atoms with Gasteiger partial charge in [-0.3, -0.25) is 0 Å². The third-order valence-corrected chi connectivity index (χ3v) is 3.08. The molecular weight excluding hydrogens is 245 g/mol. The van der Waals surface area contributed by atoms with Crippen LogP contribution in [0.3, 0.4) is 0 Å². The Morgan fingerprint density at radius 1 is 1.11 bits per heavy atom. The molecule has 19 heavy (non-hydrogen) atoms. The fourth-order valence-electron chi connectivity index (χ4n) is 2.06. The highest BCUT2D eigenvalue weighted by Gasteiger charge is 2.26. The minimum atomic E-state index is -0.287. The predicted molar refractivity (Wildman–Crippen MR) is 74.4 cm³/mol. The van der Waals surface area contributed by atoms with Gasteiger partial charge in [-0.2, -0.15) is 0 Å². The van der Waals surface area contributed by atoms with E-state index < -0.39 is 0 Å². The number of benzene rings is 1. The fourth-order valence-corrected chi connectivity index (χ4v) is 2.06. The van der Waals surface area contributed by atoms with Crippen molar-refractivity contribution in [1.82, 2.24) is 5.32 Å². The molecule has 1 aromatic rings. The molecule has 1 N–H and O–H groups in total. The van der Waals surface area contributed by atoms with E-state index in [1.54, 1.807) is 14.2 Å². The van der Waals surface area contributed by atoms with Gasteiger partial charge in [0.15, 0.2) is 6.29 Å². The lowest BCUT2D eigenvalue weighted by atomic mass is 9.82. The van der Waals surface area contributed by atoms with Crippen molar-refractivity contribution >= 4 is 0 Å². The third kappa shape index (κ3) is 4.90. The molecule has 0 bridgehead atoms. The van der Waals surface area contributed by atoms with E-state index in [-0.39, 0.29) is 23.6 Å². The Labute approximate surface area is 115 Å². The van der Waals surface area contributed by atoms with Gasteiger partial charge in [0.1, 0.15) is 5.82 Å². The van der Waals surface area contributed by atoms with E-state index in [0.29, 0.717) is 6.54 Å². The largest absolute Gasteiger partial charge is 0.355 e. The summed E-state index contributed by atoms with van der Waals surface area (Å²) in [7, 11) is 3.22. The SMILES string of the molecule is COC(CNC(c1ccc(F)cc1)C(C)(C)C)OC. The average molecular weight is 269 g/mol. The second-order valence-electron chi connectivity index (χ2n) is 5.66. The Hall–Kier alpha value is -0.970. The second kappa shape index (κ2) is 6.98. The van der Waals surface area contributed by atoms with Crippen LogP contribution in [-0.2, 0) is 9.47 Å². The average Bonchev–Trinajstić information content (AvgIpc) is 2.35. The van der Waals surface area contributed by atoms with Crippen molar-refractivity contribution in [3.05, 3.63) is 35.6 Å². The lowest BCUT2D eigenvalue weighted by Gasteiger charge is -2.33. The number of methoxy groups -OCH3 is 2. The zero-order chi connectivity index (χ0) is 14.5. The maximum Gasteiger partial charge on any atom is 0.169 e. The minimum absolute atomic E-state index is 0.00383. The molecule has 0 aromatic heterocycles. The summed E-state index contributed by atoms with van der Waals surface area (Å²) >= 11 is 0. The van der Waals surface area contributed by atoms with Crippen molar-refractivity contribution in [2.45, 2.75) is 33.1 Å². The highest BCUT2D eigenvalue weighted by molar-refractivity contribution is 5.21. The first kappa shape index (κ1) is 16.1. The first-order valence-electron chi connectivity index (χ1n) is 6.43. The maximum absolute atomic E-state index is 13.0. The quantitative estimate of drug-likeness (QED) is 0.805. The van der Waals surface area contributed by atoms with E-state index in [4.69, 9.17) is 9.47 Å². The molecule has 0 saturated heterocycles. The maximum atomic E-state index is 13.0. The van der Waals surface area contributed by atoms with Crippen LogP contribution in [0.25, 0.3) is 0 Å².